The topological polar surface area (TPSA) is 50.2 Å². The molecule has 1 aromatic heterocycles. The summed E-state index contributed by atoms with van der Waals surface area (Å²) in [5, 5.41) is 7.78. The molecule has 1 aliphatic carbocycles. The molecule has 1 aromatic carbocycles. The van der Waals surface area contributed by atoms with Crippen molar-refractivity contribution in [3.05, 3.63) is 47.8 Å². The summed E-state index contributed by atoms with van der Waals surface area (Å²) in [6.07, 6.45) is 1.56. The molecule has 1 saturated carbocycles. The summed E-state index contributed by atoms with van der Waals surface area (Å²) in [6, 6.07) is 6.92. The van der Waals surface area contributed by atoms with Crippen LogP contribution in [-0.4, -0.2) is 46.3 Å². The Morgan fingerprint density at radius 1 is 1.14 bits per heavy atom. The smallest absolute Gasteiger partial charge is 0.337 e. The Kier molecular flexibility index (Phi) is 6.53. The first-order chi connectivity index (χ1) is 13.4. The molecule has 9 heteroatoms. The van der Waals surface area contributed by atoms with E-state index in [9.17, 15) is 18.0 Å². The fourth-order valence-electron chi connectivity index (χ4n) is 3.51. The number of carbonyl (C=O) groups excluding carboxylic acids is 1. The Balaban J connectivity index is 0.00000240. The van der Waals surface area contributed by atoms with Gasteiger partial charge in [0.1, 0.15) is 0 Å². The maximum Gasteiger partial charge on any atom is 0.416 e. The number of halogens is 4. The standard InChI is InChI=1S/C20H23F3N4O.ClH/c21-20(22,23)15-2-1-3-17(12-15)27-11-8-18(25-27)19(28)26-9-6-16(7-10-26)24-13-14-4-5-14;/h1-3,8,11-12,14,16,24H,4-7,9-10,13H2;1H. The summed E-state index contributed by atoms with van der Waals surface area (Å²) in [7, 11) is 0. The van der Waals surface area contributed by atoms with E-state index in [0.717, 1.165) is 37.4 Å². The highest BCUT2D eigenvalue weighted by Crippen LogP contribution is 2.30. The Labute approximate surface area is 173 Å². The fraction of sp³-hybridized carbons (Fsp3) is 0.500. The third kappa shape index (κ3) is 5.30. The SMILES string of the molecule is Cl.O=C(c1ccn(-c2cccc(C(F)(F)F)c2)n1)N1CCC(NCC2CC2)CC1. The van der Waals surface area contributed by atoms with Gasteiger partial charge in [-0.2, -0.15) is 18.3 Å². The molecular formula is C20H24ClF3N4O. The highest BCUT2D eigenvalue weighted by atomic mass is 35.5. The highest BCUT2D eigenvalue weighted by Gasteiger charge is 2.31. The van der Waals surface area contributed by atoms with Gasteiger partial charge in [0.25, 0.3) is 5.91 Å². The van der Waals surface area contributed by atoms with Gasteiger partial charge in [-0.1, -0.05) is 6.07 Å². The van der Waals surface area contributed by atoms with Gasteiger partial charge < -0.3 is 10.2 Å². The number of nitrogens with one attached hydrogen (secondary N) is 1. The number of aromatic nitrogens is 2. The van der Waals surface area contributed by atoms with E-state index >= 15 is 0 Å². The normalized spacial score (nSPS) is 17.8. The zero-order valence-electron chi connectivity index (χ0n) is 15.9. The first-order valence-electron chi connectivity index (χ1n) is 9.66. The number of likely N-dealkylation sites (tertiary alicyclic amines) is 1. The maximum atomic E-state index is 12.9. The van der Waals surface area contributed by atoms with Crippen LogP contribution in [0.3, 0.4) is 0 Å². The zero-order chi connectivity index (χ0) is 19.7. The van der Waals surface area contributed by atoms with Crippen molar-refractivity contribution in [2.75, 3.05) is 19.6 Å². The van der Waals surface area contributed by atoms with E-state index in [1.54, 1.807) is 11.0 Å². The summed E-state index contributed by atoms with van der Waals surface area (Å²) >= 11 is 0. The number of benzene rings is 1. The van der Waals surface area contributed by atoms with Crippen LogP contribution in [0.2, 0.25) is 0 Å². The van der Waals surface area contributed by atoms with Crippen molar-refractivity contribution in [2.24, 2.45) is 5.92 Å². The number of carbonyl (C=O) groups is 1. The number of hydrogen-bond acceptors (Lipinski definition) is 3. The molecule has 1 N–H and O–H groups in total. The van der Waals surface area contributed by atoms with Crippen molar-refractivity contribution in [3.63, 3.8) is 0 Å². The minimum absolute atomic E-state index is 0. The summed E-state index contributed by atoms with van der Waals surface area (Å²) in [4.78, 5) is 14.5. The summed E-state index contributed by atoms with van der Waals surface area (Å²) in [5.74, 6) is 0.658. The molecule has 0 spiro atoms. The molecule has 2 fully saturated rings. The van der Waals surface area contributed by atoms with Gasteiger partial charge in [0.05, 0.1) is 11.3 Å². The molecule has 0 atom stereocenters. The number of rotatable bonds is 5. The van der Waals surface area contributed by atoms with Crippen LogP contribution in [0.4, 0.5) is 13.2 Å². The van der Waals surface area contributed by atoms with Gasteiger partial charge in [-0.05, 0) is 62.4 Å². The number of alkyl halides is 3. The van der Waals surface area contributed by atoms with Crippen LogP contribution in [0, 0.1) is 5.92 Å². The summed E-state index contributed by atoms with van der Waals surface area (Å²) in [6.45, 7) is 2.40. The molecule has 2 aromatic rings. The summed E-state index contributed by atoms with van der Waals surface area (Å²) < 4.78 is 40.0. The zero-order valence-corrected chi connectivity index (χ0v) is 16.7. The molecule has 158 valence electrons. The van der Waals surface area contributed by atoms with Crippen molar-refractivity contribution in [1.82, 2.24) is 20.0 Å². The van der Waals surface area contributed by atoms with E-state index < -0.39 is 11.7 Å². The minimum atomic E-state index is -4.42. The lowest BCUT2D eigenvalue weighted by atomic mass is 10.0. The predicted molar refractivity (Wildman–Crippen MR) is 105 cm³/mol. The van der Waals surface area contributed by atoms with E-state index in [-0.39, 0.29) is 29.7 Å². The molecular weight excluding hydrogens is 405 g/mol. The molecule has 1 aliphatic heterocycles. The van der Waals surface area contributed by atoms with Crippen LogP contribution >= 0.6 is 12.4 Å². The first-order valence-corrected chi connectivity index (χ1v) is 9.66. The van der Waals surface area contributed by atoms with E-state index in [4.69, 9.17) is 0 Å². The molecule has 0 radical (unpaired) electrons. The molecule has 4 rings (SSSR count). The van der Waals surface area contributed by atoms with Gasteiger partial charge in [0, 0.05) is 25.3 Å². The lowest BCUT2D eigenvalue weighted by Gasteiger charge is -2.32. The van der Waals surface area contributed by atoms with Crippen LogP contribution in [0.15, 0.2) is 36.5 Å². The third-order valence-electron chi connectivity index (χ3n) is 5.42. The average molecular weight is 429 g/mol. The largest absolute Gasteiger partial charge is 0.416 e. The Morgan fingerprint density at radius 3 is 2.52 bits per heavy atom. The van der Waals surface area contributed by atoms with Crippen LogP contribution in [0.1, 0.15) is 41.7 Å². The lowest BCUT2D eigenvalue weighted by molar-refractivity contribution is -0.137. The van der Waals surface area contributed by atoms with Crippen LogP contribution < -0.4 is 5.32 Å². The van der Waals surface area contributed by atoms with E-state index in [2.05, 4.69) is 10.4 Å². The molecule has 0 unspecified atom stereocenters. The van der Waals surface area contributed by atoms with E-state index in [1.807, 2.05) is 0 Å². The average Bonchev–Trinajstić information content (AvgIpc) is 3.39. The second-order valence-electron chi connectivity index (χ2n) is 7.61. The Morgan fingerprint density at radius 2 is 1.86 bits per heavy atom. The molecule has 5 nitrogen and oxygen atoms in total. The molecule has 29 heavy (non-hydrogen) atoms. The second-order valence-corrected chi connectivity index (χ2v) is 7.61. The van der Waals surface area contributed by atoms with Gasteiger partial charge >= 0.3 is 6.18 Å². The molecule has 0 bridgehead atoms. The van der Waals surface area contributed by atoms with Crippen LogP contribution in [0.25, 0.3) is 5.69 Å². The molecule has 1 amide bonds. The molecule has 1 saturated heterocycles. The van der Waals surface area contributed by atoms with Crippen molar-refractivity contribution >= 4 is 18.3 Å². The van der Waals surface area contributed by atoms with E-state index in [0.29, 0.717) is 19.1 Å². The molecule has 2 aliphatic rings. The minimum Gasteiger partial charge on any atom is -0.337 e. The predicted octanol–water partition coefficient (Wildman–Crippen LogP) is 3.92. The van der Waals surface area contributed by atoms with Gasteiger partial charge in [0.2, 0.25) is 0 Å². The third-order valence-corrected chi connectivity index (χ3v) is 5.42. The summed E-state index contributed by atoms with van der Waals surface area (Å²) in [5.41, 5.74) is -0.215. The van der Waals surface area contributed by atoms with Gasteiger partial charge in [-0.25, -0.2) is 4.68 Å². The Hall–Kier alpha value is -2.06. The van der Waals surface area contributed by atoms with Crippen molar-refractivity contribution in [3.8, 4) is 5.69 Å². The number of piperidine rings is 1. The number of hydrogen-bond donors (Lipinski definition) is 1. The van der Waals surface area contributed by atoms with Crippen LogP contribution in [0.5, 0.6) is 0 Å². The molecule has 2 heterocycles. The monoisotopic (exact) mass is 428 g/mol. The van der Waals surface area contributed by atoms with Crippen molar-refractivity contribution in [1.29, 1.82) is 0 Å². The van der Waals surface area contributed by atoms with Gasteiger partial charge in [-0.15, -0.1) is 12.4 Å². The maximum absolute atomic E-state index is 12.9. The number of nitrogens with zero attached hydrogens (tertiary/aromatic N) is 3. The van der Waals surface area contributed by atoms with Gasteiger partial charge in [-0.3, -0.25) is 4.79 Å². The van der Waals surface area contributed by atoms with Gasteiger partial charge in [0.15, 0.2) is 5.69 Å². The fourth-order valence-corrected chi connectivity index (χ4v) is 3.51. The van der Waals surface area contributed by atoms with Crippen LogP contribution in [-0.2, 0) is 6.18 Å². The highest BCUT2D eigenvalue weighted by molar-refractivity contribution is 5.92. The first kappa shape index (κ1) is 21.6. The Bertz CT molecular complexity index is 842. The lowest BCUT2D eigenvalue weighted by Crippen LogP contribution is -2.45. The van der Waals surface area contributed by atoms with Crippen molar-refractivity contribution < 1.29 is 18.0 Å². The van der Waals surface area contributed by atoms with Crippen molar-refractivity contribution in [2.45, 2.75) is 37.9 Å². The van der Waals surface area contributed by atoms with E-state index in [1.165, 1.54) is 35.9 Å². The number of amides is 1. The second kappa shape index (κ2) is 8.75. The quantitative estimate of drug-likeness (QED) is 0.785.